The van der Waals surface area contributed by atoms with Crippen LogP contribution < -0.4 is 4.72 Å². The first kappa shape index (κ1) is 16.4. The van der Waals surface area contributed by atoms with Crippen LogP contribution in [0.5, 0.6) is 0 Å². The quantitative estimate of drug-likeness (QED) is 0.862. The molecule has 2 atom stereocenters. The summed E-state index contributed by atoms with van der Waals surface area (Å²) in [6, 6.07) is 2.06. The number of aryl methyl sites for hydroxylation is 1. The fourth-order valence-corrected chi connectivity index (χ4v) is 3.87. The molecule has 5 nitrogen and oxygen atoms in total. The topological polar surface area (TPSA) is 75.6 Å². The Morgan fingerprint density at radius 2 is 2.24 bits per heavy atom. The van der Waals surface area contributed by atoms with E-state index in [9.17, 15) is 12.8 Å². The Balaban J connectivity index is 2.24. The molecule has 1 aliphatic heterocycles. The molecular formula is C14H20FNO4S. The molecule has 1 fully saturated rings. The smallest absolute Gasteiger partial charge is 0.240 e. The summed E-state index contributed by atoms with van der Waals surface area (Å²) >= 11 is 0. The van der Waals surface area contributed by atoms with Gasteiger partial charge in [0.25, 0.3) is 0 Å². The van der Waals surface area contributed by atoms with E-state index in [1.54, 1.807) is 6.92 Å². The fraction of sp³-hybridized carbons (Fsp3) is 0.571. The van der Waals surface area contributed by atoms with Crippen molar-refractivity contribution in [1.82, 2.24) is 4.72 Å². The van der Waals surface area contributed by atoms with Crippen molar-refractivity contribution in [3.05, 3.63) is 29.1 Å². The molecule has 0 radical (unpaired) electrons. The highest BCUT2D eigenvalue weighted by atomic mass is 32.2. The molecule has 2 rings (SSSR count). The molecule has 1 saturated heterocycles. The number of rotatable bonds is 5. The van der Waals surface area contributed by atoms with Gasteiger partial charge in [0.1, 0.15) is 5.82 Å². The van der Waals surface area contributed by atoms with Gasteiger partial charge in [-0.25, -0.2) is 17.5 Å². The lowest BCUT2D eigenvalue weighted by molar-refractivity contribution is 0.0902. The minimum absolute atomic E-state index is 0.0276. The lowest BCUT2D eigenvalue weighted by Gasteiger charge is -2.20. The molecule has 0 bridgehead atoms. The molecule has 118 valence electrons. The third-order valence-corrected chi connectivity index (χ3v) is 5.19. The second kappa shape index (κ2) is 6.39. The van der Waals surface area contributed by atoms with Gasteiger partial charge in [-0.1, -0.05) is 0 Å². The van der Waals surface area contributed by atoms with E-state index >= 15 is 0 Å². The maximum atomic E-state index is 13.7. The average Bonchev–Trinajstić information content (AvgIpc) is 2.95. The van der Waals surface area contributed by atoms with E-state index in [-0.39, 0.29) is 28.2 Å². The zero-order valence-corrected chi connectivity index (χ0v) is 12.9. The number of aliphatic hydroxyl groups excluding tert-OH is 1. The molecule has 0 saturated carbocycles. The number of benzene rings is 1. The summed E-state index contributed by atoms with van der Waals surface area (Å²) in [5.74, 6) is -0.580. The van der Waals surface area contributed by atoms with Gasteiger partial charge >= 0.3 is 0 Å². The van der Waals surface area contributed by atoms with Crippen LogP contribution in [-0.4, -0.2) is 32.3 Å². The molecule has 0 amide bonds. The minimum atomic E-state index is -3.78. The Morgan fingerprint density at radius 3 is 2.81 bits per heavy atom. The number of hydrogen-bond donors (Lipinski definition) is 2. The first-order valence-electron chi connectivity index (χ1n) is 6.89. The van der Waals surface area contributed by atoms with Gasteiger partial charge in [0.05, 0.1) is 17.6 Å². The molecule has 21 heavy (non-hydrogen) atoms. The maximum Gasteiger partial charge on any atom is 0.240 e. The highest BCUT2D eigenvalue weighted by Gasteiger charge is 2.27. The van der Waals surface area contributed by atoms with Crippen molar-refractivity contribution in [2.75, 3.05) is 6.61 Å². The number of aliphatic hydroxyl groups is 1. The van der Waals surface area contributed by atoms with E-state index in [0.29, 0.717) is 6.61 Å². The van der Waals surface area contributed by atoms with Crippen LogP contribution in [0.3, 0.4) is 0 Å². The molecule has 0 aliphatic carbocycles. The van der Waals surface area contributed by atoms with E-state index in [0.717, 1.165) is 18.9 Å². The van der Waals surface area contributed by atoms with E-state index < -0.39 is 22.4 Å². The highest BCUT2D eigenvalue weighted by molar-refractivity contribution is 7.89. The molecule has 0 spiro atoms. The third kappa shape index (κ3) is 3.60. The van der Waals surface area contributed by atoms with Gasteiger partial charge in [-0.3, -0.25) is 0 Å². The van der Waals surface area contributed by atoms with Crippen molar-refractivity contribution in [3.63, 3.8) is 0 Å². The summed E-state index contributed by atoms with van der Waals surface area (Å²) in [7, 11) is -3.78. The van der Waals surface area contributed by atoms with E-state index in [4.69, 9.17) is 9.84 Å². The van der Waals surface area contributed by atoms with E-state index in [2.05, 4.69) is 4.72 Å². The second-order valence-corrected chi connectivity index (χ2v) is 7.05. The van der Waals surface area contributed by atoms with Gasteiger partial charge in [-0.05, 0) is 44.4 Å². The van der Waals surface area contributed by atoms with Gasteiger partial charge in [0.15, 0.2) is 0 Å². The number of ether oxygens (including phenoxy) is 1. The first-order valence-corrected chi connectivity index (χ1v) is 8.37. The molecule has 1 aromatic rings. The Morgan fingerprint density at radius 1 is 1.52 bits per heavy atom. The van der Waals surface area contributed by atoms with Crippen molar-refractivity contribution < 1.29 is 22.7 Å². The van der Waals surface area contributed by atoms with Crippen molar-refractivity contribution in [2.45, 2.75) is 50.3 Å². The summed E-state index contributed by atoms with van der Waals surface area (Å²) in [6.07, 6.45) is 1.59. The number of halogens is 1. The third-order valence-electron chi connectivity index (χ3n) is 3.65. The second-order valence-electron chi connectivity index (χ2n) is 5.33. The van der Waals surface area contributed by atoms with Crippen molar-refractivity contribution in [1.29, 1.82) is 0 Å². The number of nitrogens with one attached hydrogen (secondary N) is 1. The Labute approximate surface area is 124 Å². The number of hydrogen-bond acceptors (Lipinski definition) is 4. The normalized spacial score (nSPS) is 20.7. The lowest BCUT2D eigenvalue weighted by atomic mass is 10.1. The molecular weight excluding hydrogens is 297 g/mol. The molecule has 0 aromatic heterocycles. The summed E-state index contributed by atoms with van der Waals surface area (Å²) in [5, 5.41) is 9.11. The van der Waals surface area contributed by atoms with Crippen LogP contribution in [0.25, 0.3) is 0 Å². The van der Waals surface area contributed by atoms with Gasteiger partial charge in [-0.2, -0.15) is 0 Å². The molecule has 1 aliphatic rings. The standard InChI is InChI=1S/C14H20FNO4S/c1-9-6-12(7-11(8-17)14(9)15)21(18,19)16-10(2)13-4-3-5-20-13/h6-7,10,13,16-17H,3-5,8H2,1-2H3. The molecule has 2 N–H and O–H groups in total. The zero-order valence-electron chi connectivity index (χ0n) is 12.1. The van der Waals surface area contributed by atoms with Gasteiger partial charge < -0.3 is 9.84 Å². The lowest BCUT2D eigenvalue weighted by Crippen LogP contribution is -2.40. The van der Waals surface area contributed by atoms with Crippen molar-refractivity contribution in [2.24, 2.45) is 0 Å². The van der Waals surface area contributed by atoms with Crippen LogP contribution in [0, 0.1) is 12.7 Å². The Kier molecular flexibility index (Phi) is 4.98. The van der Waals surface area contributed by atoms with Gasteiger partial charge in [0, 0.05) is 18.2 Å². The van der Waals surface area contributed by atoms with Crippen molar-refractivity contribution >= 4 is 10.0 Å². The summed E-state index contributed by atoms with van der Waals surface area (Å²) in [4.78, 5) is -0.0460. The van der Waals surface area contributed by atoms with Crippen LogP contribution >= 0.6 is 0 Å². The van der Waals surface area contributed by atoms with E-state index in [1.807, 2.05) is 0 Å². The average molecular weight is 317 g/mol. The van der Waals surface area contributed by atoms with Crippen LogP contribution in [-0.2, 0) is 21.4 Å². The highest BCUT2D eigenvalue weighted by Crippen LogP contribution is 2.21. The minimum Gasteiger partial charge on any atom is -0.392 e. The van der Waals surface area contributed by atoms with Crippen molar-refractivity contribution in [3.8, 4) is 0 Å². The van der Waals surface area contributed by atoms with Crippen LogP contribution in [0.4, 0.5) is 4.39 Å². The Hall–Kier alpha value is -1.02. The summed E-state index contributed by atoms with van der Waals surface area (Å²) < 4.78 is 46.4. The SMILES string of the molecule is Cc1cc(S(=O)(=O)NC(C)C2CCCO2)cc(CO)c1F. The largest absolute Gasteiger partial charge is 0.392 e. The first-order chi connectivity index (χ1) is 9.85. The maximum absolute atomic E-state index is 13.7. The monoisotopic (exact) mass is 317 g/mol. The van der Waals surface area contributed by atoms with Crippen LogP contribution in [0.15, 0.2) is 17.0 Å². The Bertz CT molecular complexity index is 612. The molecule has 1 heterocycles. The summed E-state index contributed by atoms with van der Waals surface area (Å²) in [6.45, 7) is 3.31. The van der Waals surface area contributed by atoms with E-state index in [1.165, 1.54) is 13.0 Å². The predicted octanol–water partition coefficient (Wildman–Crippen LogP) is 1.47. The number of sulfonamides is 1. The van der Waals surface area contributed by atoms with Gasteiger partial charge in [-0.15, -0.1) is 0 Å². The zero-order chi connectivity index (χ0) is 15.6. The van der Waals surface area contributed by atoms with Crippen LogP contribution in [0.1, 0.15) is 30.9 Å². The van der Waals surface area contributed by atoms with Gasteiger partial charge in [0.2, 0.25) is 10.0 Å². The molecule has 7 heteroatoms. The predicted molar refractivity (Wildman–Crippen MR) is 75.8 cm³/mol. The molecule has 1 aromatic carbocycles. The van der Waals surface area contributed by atoms with Crippen LogP contribution in [0.2, 0.25) is 0 Å². The molecule has 2 unspecified atom stereocenters. The fourth-order valence-electron chi connectivity index (χ4n) is 2.46. The summed E-state index contributed by atoms with van der Waals surface area (Å²) in [5.41, 5.74) is 0.159.